The van der Waals surface area contributed by atoms with Gasteiger partial charge in [-0.25, -0.2) is 4.39 Å². The molecule has 3 heteroatoms. The van der Waals surface area contributed by atoms with E-state index in [4.69, 9.17) is 5.73 Å². The van der Waals surface area contributed by atoms with Crippen molar-refractivity contribution in [2.24, 2.45) is 5.73 Å². The Morgan fingerprint density at radius 2 is 1.88 bits per heavy atom. The largest absolute Gasteiger partial charge is 0.323 e. The van der Waals surface area contributed by atoms with Gasteiger partial charge in [-0.05, 0) is 43.2 Å². The number of nitrogens with two attached hydrogens (primary N) is 1. The average Bonchev–Trinajstić information content (AvgIpc) is 2.68. The molecule has 0 aliphatic carbocycles. The summed E-state index contributed by atoms with van der Waals surface area (Å²) in [6.45, 7) is 2.07. The van der Waals surface area contributed by atoms with Crippen LogP contribution in [-0.2, 0) is 6.42 Å². The predicted molar refractivity (Wildman–Crippen MR) is 66.1 cm³/mol. The van der Waals surface area contributed by atoms with E-state index in [2.05, 4.69) is 19.1 Å². The molecule has 84 valence electrons. The molecule has 2 N–H and O–H groups in total. The first-order chi connectivity index (χ1) is 7.65. The topological polar surface area (TPSA) is 26.0 Å². The van der Waals surface area contributed by atoms with E-state index in [0.717, 1.165) is 12.0 Å². The summed E-state index contributed by atoms with van der Waals surface area (Å²) in [4.78, 5) is 2.45. The Morgan fingerprint density at radius 3 is 2.44 bits per heavy atom. The maximum atomic E-state index is 12.7. The summed E-state index contributed by atoms with van der Waals surface area (Å²) in [5.41, 5.74) is 7.16. The summed E-state index contributed by atoms with van der Waals surface area (Å²) in [6.07, 6.45) is 0.750. The molecule has 0 amide bonds. The highest BCUT2D eigenvalue weighted by atomic mass is 32.1. The lowest BCUT2D eigenvalue weighted by Gasteiger charge is -2.09. The number of benzene rings is 1. The van der Waals surface area contributed by atoms with Crippen molar-refractivity contribution in [1.29, 1.82) is 0 Å². The molecule has 2 aromatic rings. The van der Waals surface area contributed by atoms with E-state index < -0.39 is 0 Å². The Labute approximate surface area is 98.7 Å². The van der Waals surface area contributed by atoms with E-state index in [9.17, 15) is 4.39 Å². The van der Waals surface area contributed by atoms with E-state index in [1.165, 1.54) is 21.9 Å². The summed E-state index contributed by atoms with van der Waals surface area (Å²) in [5.74, 6) is -0.204. The molecule has 1 unspecified atom stereocenters. The first-order valence-corrected chi connectivity index (χ1v) is 6.03. The quantitative estimate of drug-likeness (QED) is 0.866. The van der Waals surface area contributed by atoms with Crippen LogP contribution in [-0.4, -0.2) is 0 Å². The van der Waals surface area contributed by atoms with E-state index in [1.807, 2.05) is 0 Å². The third kappa shape index (κ3) is 2.68. The van der Waals surface area contributed by atoms with Gasteiger partial charge in [-0.1, -0.05) is 12.1 Å². The van der Waals surface area contributed by atoms with Crippen molar-refractivity contribution in [2.45, 2.75) is 19.4 Å². The van der Waals surface area contributed by atoms with E-state index in [0.29, 0.717) is 0 Å². The van der Waals surface area contributed by atoms with Gasteiger partial charge in [0, 0.05) is 15.8 Å². The van der Waals surface area contributed by atoms with Crippen LogP contribution in [0.15, 0.2) is 36.4 Å². The van der Waals surface area contributed by atoms with E-state index in [1.54, 1.807) is 23.5 Å². The van der Waals surface area contributed by atoms with Crippen molar-refractivity contribution >= 4 is 11.3 Å². The second-order valence-electron chi connectivity index (χ2n) is 3.89. The molecule has 1 nitrogen and oxygen atoms in total. The number of thiophene rings is 1. The first kappa shape index (κ1) is 11.3. The Morgan fingerprint density at radius 1 is 1.19 bits per heavy atom. The van der Waals surface area contributed by atoms with Crippen molar-refractivity contribution in [3.05, 3.63) is 57.5 Å². The molecule has 1 atom stereocenters. The Kier molecular flexibility index (Phi) is 3.36. The Hall–Kier alpha value is -1.19. The fraction of sp³-hybridized carbons (Fsp3) is 0.231. The monoisotopic (exact) mass is 235 g/mol. The van der Waals surface area contributed by atoms with Gasteiger partial charge in [0.15, 0.2) is 0 Å². The second-order valence-corrected chi connectivity index (χ2v) is 5.20. The van der Waals surface area contributed by atoms with Gasteiger partial charge in [-0.3, -0.25) is 0 Å². The number of aryl methyl sites for hydroxylation is 1. The molecule has 1 heterocycles. The number of hydrogen-bond donors (Lipinski definition) is 1. The molecule has 2 rings (SSSR count). The minimum Gasteiger partial charge on any atom is -0.323 e. The second kappa shape index (κ2) is 4.76. The molecule has 1 aromatic carbocycles. The predicted octanol–water partition coefficient (Wildman–Crippen LogP) is 3.44. The van der Waals surface area contributed by atoms with Crippen LogP contribution in [0.2, 0.25) is 0 Å². The van der Waals surface area contributed by atoms with Gasteiger partial charge in [0.2, 0.25) is 0 Å². The summed E-state index contributed by atoms with van der Waals surface area (Å²) in [7, 11) is 0. The van der Waals surface area contributed by atoms with Crippen LogP contribution in [0.4, 0.5) is 4.39 Å². The van der Waals surface area contributed by atoms with Crippen molar-refractivity contribution in [3.63, 3.8) is 0 Å². The first-order valence-electron chi connectivity index (χ1n) is 5.21. The molecule has 1 aromatic heterocycles. The van der Waals surface area contributed by atoms with E-state index in [-0.39, 0.29) is 11.9 Å². The summed E-state index contributed by atoms with van der Waals surface area (Å²) in [6, 6.07) is 10.7. The molecule has 0 bridgehead atoms. The molecule has 0 fully saturated rings. The molecule has 0 saturated heterocycles. The van der Waals surface area contributed by atoms with Crippen LogP contribution >= 0.6 is 11.3 Å². The third-order valence-corrected chi connectivity index (χ3v) is 3.63. The van der Waals surface area contributed by atoms with Crippen LogP contribution in [0, 0.1) is 12.7 Å². The van der Waals surface area contributed by atoms with Gasteiger partial charge in [-0.2, -0.15) is 0 Å². The van der Waals surface area contributed by atoms with Gasteiger partial charge in [0.25, 0.3) is 0 Å². The van der Waals surface area contributed by atoms with Crippen LogP contribution in [0.25, 0.3) is 0 Å². The highest BCUT2D eigenvalue weighted by Gasteiger charge is 2.09. The molecule has 0 radical (unpaired) electrons. The third-order valence-electron chi connectivity index (χ3n) is 2.50. The zero-order valence-electron chi connectivity index (χ0n) is 9.11. The summed E-state index contributed by atoms with van der Waals surface area (Å²) >= 11 is 1.72. The smallest absolute Gasteiger partial charge is 0.123 e. The lowest BCUT2D eigenvalue weighted by molar-refractivity contribution is 0.626. The molecule has 0 aliphatic heterocycles. The fourth-order valence-corrected chi connectivity index (χ4v) is 2.51. The number of hydrogen-bond acceptors (Lipinski definition) is 2. The van der Waals surface area contributed by atoms with Gasteiger partial charge >= 0.3 is 0 Å². The maximum absolute atomic E-state index is 12.7. The van der Waals surface area contributed by atoms with Crippen molar-refractivity contribution < 1.29 is 4.39 Å². The normalized spacial score (nSPS) is 12.7. The van der Waals surface area contributed by atoms with Gasteiger partial charge in [0.05, 0.1) is 0 Å². The Bertz CT molecular complexity index is 461. The average molecular weight is 235 g/mol. The molecule has 0 spiro atoms. The highest BCUT2D eigenvalue weighted by Crippen LogP contribution is 2.23. The SMILES string of the molecule is Cc1ccc(C(N)Cc2ccc(F)cc2)s1. The van der Waals surface area contributed by atoms with Crippen LogP contribution in [0.1, 0.15) is 21.4 Å². The van der Waals surface area contributed by atoms with Gasteiger partial charge in [-0.15, -0.1) is 11.3 Å². The van der Waals surface area contributed by atoms with Crippen molar-refractivity contribution in [3.8, 4) is 0 Å². The molecular formula is C13H14FNS. The van der Waals surface area contributed by atoms with E-state index >= 15 is 0 Å². The fourth-order valence-electron chi connectivity index (χ4n) is 1.63. The zero-order chi connectivity index (χ0) is 11.5. The lowest BCUT2D eigenvalue weighted by Crippen LogP contribution is -2.11. The van der Waals surface area contributed by atoms with Crippen LogP contribution < -0.4 is 5.73 Å². The summed E-state index contributed by atoms with van der Waals surface area (Å²) < 4.78 is 12.7. The molecule has 0 saturated carbocycles. The van der Waals surface area contributed by atoms with Crippen LogP contribution in [0.5, 0.6) is 0 Å². The van der Waals surface area contributed by atoms with Crippen molar-refractivity contribution in [2.75, 3.05) is 0 Å². The maximum Gasteiger partial charge on any atom is 0.123 e. The minimum atomic E-state index is -0.204. The molecular weight excluding hydrogens is 221 g/mol. The zero-order valence-corrected chi connectivity index (χ0v) is 9.93. The van der Waals surface area contributed by atoms with Crippen molar-refractivity contribution in [1.82, 2.24) is 0 Å². The molecule has 16 heavy (non-hydrogen) atoms. The Balaban J connectivity index is 2.07. The number of halogens is 1. The van der Waals surface area contributed by atoms with Gasteiger partial charge < -0.3 is 5.73 Å². The highest BCUT2D eigenvalue weighted by molar-refractivity contribution is 7.12. The number of rotatable bonds is 3. The lowest BCUT2D eigenvalue weighted by atomic mass is 10.1. The molecule has 0 aliphatic rings. The van der Waals surface area contributed by atoms with Crippen LogP contribution in [0.3, 0.4) is 0 Å². The standard InChI is InChI=1S/C13H14FNS/c1-9-2-7-13(16-9)12(15)8-10-3-5-11(14)6-4-10/h2-7,12H,8,15H2,1H3. The summed E-state index contributed by atoms with van der Waals surface area (Å²) in [5, 5.41) is 0. The minimum absolute atomic E-state index is 0.00385. The van der Waals surface area contributed by atoms with Gasteiger partial charge in [0.1, 0.15) is 5.82 Å².